The third-order valence-electron chi connectivity index (χ3n) is 3.84. The number of imidazole rings is 1. The average molecular weight is 246 g/mol. The lowest BCUT2D eigenvalue weighted by molar-refractivity contribution is 0.140. The van der Waals surface area contributed by atoms with E-state index < -0.39 is 0 Å². The molecule has 0 aliphatic heterocycles. The number of nitrogens with two attached hydrogens (primary N) is 1. The van der Waals surface area contributed by atoms with E-state index >= 15 is 0 Å². The van der Waals surface area contributed by atoms with Gasteiger partial charge in [0.2, 0.25) is 0 Å². The summed E-state index contributed by atoms with van der Waals surface area (Å²) in [5, 5.41) is 0. The molecule has 0 saturated carbocycles. The maximum Gasteiger partial charge on any atom is 0.121 e. The molecule has 18 heavy (non-hydrogen) atoms. The van der Waals surface area contributed by atoms with Crippen molar-refractivity contribution in [3.63, 3.8) is 0 Å². The fraction of sp³-hybridized carbons (Fsp3) is 0.500. The Balaban J connectivity index is 2.22. The van der Waals surface area contributed by atoms with E-state index in [2.05, 4.69) is 42.7 Å². The van der Waals surface area contributed by atoms with Crippen LogP contribution in [0.4, 0.5) is 5.69 Å². The SMILES string of the molecule is CCC(C)(C)N(C)Cc1nc2ccc(N)cc2[nH]1. The van der Waals surface area contributed by atoms with E-state index in [9.17, 15) is 0 Å². The van der Waals surface area contributed by atoms with E-state index in [0.29, 0.717) is 0 Å². The lowest BCUT2D eigenvalue weighted by atomic mass is 10.0. The van der Waals surface area contributed by atoms with Crippen molar-refractivity contribution < 1.29 is 0 Å². The molecule has 0 aliphatic rings. The Morgan fingerprint density at radius 1 is 1.39 bits per heavy atom. The molecule has 0 saturated heterocycles. The minimum atomic E-state index is 0.179. The van der Waals surface area contributed by atoms with Crippen LogP contribution in [0, 0.1) is 0 Å². The van der Waals surface area contributed by atoms with Gasteiger partial charge in [-0.2, -0.15) is 0 Å². The molecule has 0 bridgehead atoms. The molecule has 1 aromatic heterocycles. The number of H-pyrrole nitrogens is 1. The second-order valence-electron chi connectivity index (χ2n) is 5.48. The van der Waals surface area contributed by atoms with E-state index in [-0.39, 0.29) is 5.54 Å². The second-order valence-corrected chi connectivity index (χ2v) is 5.48. The minimum absolute atomic E-state index is 0.179. The predicted octanol–water partition coefficient (Wildman–Crippen LogP) is 2.77. The molecule has 1 heterocycles. The summed E-state index contributed by atoms with van der Waals surface area (Å²) in [5.74, 6) is 0.986. The zero-order valence-electron chi connectivity index (χ0n) is 11.6. The fourth-order valence-electron chi connectivity index (χ4n) is 1.86. The van der Waals surface area contributed by atoms with Gasteiger partial charge in [-0.3, -0.25) is 4.90 Å². The lowest BCUT2D eigenvalue weighted by Gasteiger charge is -2.34. The van der Waals surface area contributed by atoms with E-state index in [0.717, 1.165) is 35.5 Å². The summed E-state index contributed by atoms with van der Waals surface area (Å²) in [4.78, 5) is 10.2. The first-order chi connectivity index (χ1) is 8.42. The molecule has 2 aromatic rings. The van der Waals surface area contributed by atoms with Crippen molar-refractivity contribution in [1.29, 1.82) is 0 Å². The van der Waals surface area contributed by atoms with Gasteiger partial charge in [0, 0.05) is 11.2 Å². The summed E-state index contributed by atoms with van der Waals surface area (Å²) in [6.07, 6.45) is 1.11. The number of aromatic nitrogens is 2. The van der Waals surface area contributed by atoms with Crippen LogP contribution in [-0.2, 0) is 6.54 Å². The Labute approximate surface area is 108 Å². The van der Waals surface area contributed by atoms with Crippen LogP contribution >= 0.6 is 0 Å². The summed E-state index contributed by atoms with van der Waals surface area (Å²) in [5.41, 5.74) is 8.69. The Hall–Kier alpha value is -1.55. The number of fused-ring (bicyclic) bond motifs is 1. The molecular formula is C14H22N4. The van der Waals surface area contributed by atoms with Crippen LogP contribution in [0.3, 0.4) is 0 Å². The molecule has 3 N–H and O–H groups in total. The zero-order chi connectivity index (χ0) is 13.3. The summed E-state index contributed by atoms with van der Waals surface area (Å²) < 4.78 is 0. The van der Waals surface area contributed by atoms with Crippen molar-refractivity contribution in [3.05, 3.63) is 24.0 Å². The molecule has 1 aromatic carbocycles. The molecule has 0 unspecified atom stereocenters. The number of anilines is 1. The van der Waals surface area contributed by atoms with Crippen LogP contribution in [0.5, 0.6) is 0 Å². The topological polar surface area (TPSA) is 57.9 Å². The highest BCUT2D eigenvalue weighted by Crippen LogP contribution is 2.20. The molecule has 2 rings (SSSR count). The zero-order valence-corrected chi connectivity index (χ0v) is 11.6. The Morgan fingerprint density at radius 3 is 2.78 bits per heavy atom. The van der Waals surface area contributed by atoms with Gasteiger partial charge in [0.25, 0.3) is 0 Å². The van der Waals surface area contributed by atoms with Crippen molar-refractivity contribution in [2.75, 3.05) is 12.8 Å². The largest absolute Gasteiger partial charge is 0.399 e. The van der Waals surface area contributed by atoms with Crippen LogP contribution in [0.2, 0.25) is 0 Å². The van der Waals surface area contributed by atoms with Crippen LogP contribution in [0.25, 0.3) is 11.0 Å². The Bertz CT molecular complexity index is 542. The molecule has 0 atom stereocenters. The van der Waals surface area contributed by atoms with E-state index in [1.54, 1.807) is 0 Å². The number of nitrogen functional groups attached to an aromatic ring is 1. The normalized spacial score (nSPS) is 12.5. The van der Waals surface area contributed by atoms with Crippen molar-refractivity contribution in [2.45, 2.75) is 39.3 Å². The second kappa shape index (κ2) is 4.61. The van der Waals surface area contributed by atoms with Gasteiger partial charge in [-0.05, 0) is 45.5 Å². The van der Waals surface area contributed by atoms with Crippen LogP contribution in [0.1, 0.15) is 33.0 Å². The highest BCUT2D eigenvalue weighted by atomic mass is 15.2. The van der Waals surface area contributed by atoms with Crippen LogP contribution < -0.4 is 5.73 Å². The van der Waals surface area contributed by atoms with E-state index in [1.807, 2.05) is 18.2 Å². The van der Waals surface area contributed by atoms with Crippen molar-refractivity contribution >= 4 is 16.7 Å². The van der Waals surface area contributed by atoms with Gasteiger partial charge in [-0.1, -0.05) is 6.92 Å². The summed E-state index contributed by atoms with van der Waals surface area (Å²) >= 11 is 0. The fourth-order valence-corrected chi connectivity index (χ4v) is 1.86. The first-order valence-corrected chi connectivity index (χ1v) is 6.38. The number of benzene rings is 1. The summed E-state index contributed by atoms with van der Waals surface area (Å²) in [6.45, 7) is 7.51. The molecule has 0 amide bonds. The number of aromatic amines is 1. The highest BCUT2D eigenvalue weighted by Gasteiger charge is 2.21. The third kappa shape index (κ3) is 2.48. The van der Waals surface area contributed by atoms with Gasteiger partial charge in [0.15, 0.2) is 0 Å². The molecule has 4 nitrogen and oxygen atoms in total. The molecule has 0 spiro atoms. The van der Waals surface area contributed by atoms with Gasteiger partial charge in [-0.15, -0.1) is 0 Å². The number of hydrogen-bond acceptors (Lipinski definition) is 3. The van der Waals surface area contributed by atoms with E-state index in [4.69, 9.17) is 5.73 Å². The minimum Gasteiger partial charge on any atom is -0.399 e. The van der Waals surface area contributed by atoms with Crippen molar-refractivity contribution in [2.24, 2.45) is 0 Å². The number of nitrogens with zero attached hydrogens (tertiary/aromatic N) is 2. The van der Waals surface area contributed by atoms with Gasteiger partial charge in [0.1, 0.15) is 5.82 Å². The average Bonchev–Trinajstić information content (AvgIpc) is 2.70. The van der Waals surface area contributed by atoms with Crippen molar-refractivity contribution in [3.8, 4) is 0 Å². The van der Waals surface area contributed by atoms with Crippen molar-refractivity contribution in [1.82, 2.24) is 14.9 Å². The Kier molecular flexibility index (Phi) is 3.30. The maximum atomic E-state index is 5.77. The predicted molar refractivity (Wildman–Crippen MR) is 76.3 cm³/mol. The Morgan fingerprint density at radius 2 is 2.11 bits per heavy atom. The maximum absolute atomic E-state index is 5.77. The standard InChI is InChI=1S/C14H22N4/c1-5-14(2,3)18(4)9-13-16-11-7-6-10(15)8-12(11)17-13/h6-8H,5,9,15H2,1-4H3,(H,16,17). The summed E-state index contributed by atoms with van der Waals surface area (Å²) in [7, 11) is 2.13. The molecule has 0 fully saturated rings. The number of rotatable bonds is 4. The first kappa shape index (κ1) is 12.9. The molecule has 0 aliphatic carbocycles. The highest BCUT2D eigenvalue weighted by molar-refractivity contribution is 5.78. The quantitative estimate of drug-likeness (QED) is 0.816. The third-order valence-corrected chi connectivity index (χ3v) is 3.84. The summed E-state index contributed by atoms with van der Waals surface area (Å²) in [6, 6.07) is 5.76. The lowest BCUT2D eigenvalue weighted by Crippen LogP contribution is -2.40. The molecular weight excluding hydrogens is 224 g/mol. The monoisotopic (exact) mass is 246 g/mol. The van der Waals surface area contributed by atoms with Gasteiger partial charge < -0.3 is 10.7 Å². The molecule has 0 radical (unpaired) electrons. The van der Waals surface area contributed by atoms with Gasteiger partial charge in [-0.25, -0.2) is 4.98 Å². The molecule has 4 heteroatoms. The van der Waals surface area contributed by atoms with Crippen LogP contribution in [-0.4, -0.2) is 27.5 Å². The number of nitrogens with one attached hydrogen (secondary N) is 1. The molecule has 98 valence electrons. The van der Waals surface area contributed by atoms with Gasteiger partial charge >= 0.3 is 0 Å². The van der Waals surface area contributed by atoms with E-state index in [1.165, 1.54) is 0 Å². The van der Waals surface area contributed by atoms with Crippen LogP contribution in [0.15, 0.2) is 18.2 Å². The van der Waals surface area contributed by atoms with Gasteiger partial charge in [0.05, 0.1) is 17.6 Å². The smallest absolute Gasteiger partial charge is 0.121 e. The first-order valence-electron chi connectivity index (χ1n) is 6.38. The number of hydrogen-bond donors (Lipinski definition) is 2.